The Morgan fingerprint density at radius 1 is 0.941 bits per heavy atom. The van der Waals surface area contributed by atoms with Gasteiger partial charge in [0.05, 0.1) is 0 Å². The fourth-order valence-electron chi connectivity index (χ4n) is 0. The normalized spacial score (nSPS) is 6.59. The third-order valence-electron chi connectivity index (χ3n) is 0. The summed E-state index contributed by atoms with van der Waals surface area (Å²) >= 11 is 0. The Kier molecular flexibility index (Phi) is 67.3. The van der Waals surface area contributed by atoms with E-state index >= 15 is 0 Å². The van der Waals surface area contributed by atoms with Gasteiger partial charge in [0.25, 0.3) is 0 Å². The van der Waals surface area contributed by atoms with Crippen LogP contribution in [0.5, 0.6) is 0 Å². The molecule has 0 atom stereocenters. The predicted molar refractivity (Wildman–Crippen MR) is 30.5 cm³/mol. The van der Waals surface area contributed by atoms with E-state index in [1.165, 1.54) is 0 Å². The van der Waals surface area contributed by atoms with E-state index < -0.39 is 25.0 Å². The Labute approximate surface area is 152 Å². The molecule has 0 aliphatic rings. The van der Waals surface area contributed by atoms with Crippen LogP contribution in [-0.4, -0.2) is 47.2 Å². The van der Waals surface area contributed by atoms with Crippen LogP contribution in [0.4, 0.5) is 0 Å². The molecule has 17 heavy (non-hydrogen) atoms. The molecular formula is H4B2ClNaO10SZn2. The molecule has 0 saturated carbocycles. The SMILES string of the molecule is O=S(=O)([O-])O.OB(O)O.[Cl-].[Na+].[O-]B([O-])[O-].[Zn+2].[Zn+2]. The van der Waals surface area contributed by atoms with E-state index in [9.17, 15) is 0 Å². The molecule has 4 N–H and O–H groups in total. The molecule has 10 nitrogen and oxygen atoms in total. The predicted octanol–water partition coefficient (Wildman–Crippen LogP) is -13.0. The van der Waals surface area contributed by atoms with Crippen LogP contribution in [0.1, 0.15) is 0 Å². The summed E-state index contributed by atoms with van der Waals surface area (Å²) in [5.74, 6) is 0. The molecule has 0 heterocycles. The Bertz CT molecular complexity index is 167. The van der Waals surface area contributed by atoms with Crippen LogP contribution < -0.4 is 57.0 Å². The van der Waals surface area contributed by atoms with Crippen LogP contribution in [0.3, 0.4) is 0 Å². The van der Waals surface area contributed by atoms with Crippen LogP contribution in [-0.2, 0) is 49.4 Å². The number of halogens is 1. The molecule has 0 rings (SSSR count). The molecule has 0 saturated heterocycles. The summed E-state index contributed by atoms with van der Waals surface area (Å²) in [5.41, 5.74) is 0. The fourth-order valence-corrected chi connectivity index (χ4v) is 0. The second kappa shape index (κ2) is 26.8. The summed E-state index contributed by atoms with van der Waals surface area (Å²) in [6, 6.07) is 0. The fraction of sp³-hybridized carbons (Fsp3) is 0. The maximum Gasteiger partial charge on any atom is 2.00 e. The van der Waals surface area contributed by atoms with E-state index in [0.29, 0.717) is 0 Å². The number of hydrogen-bond donors (Lipinski definition) is 4. The average Bonchev–Trinajstić information content (AvgIpc) is 1.50. The molecule has 0 aromatic rings. The summed E-state index contributed by atoms with van der Waals surface area (Å²) < 4.78 is 32.8. The molecule has 0 radical (unpaired) electrons. The molecule has 0 amide bonds. The Morgan fingerprint density at radius 2 is 0.941 bits per heavy atom. The second-order valence-electron chi connectivity index (χ2n) is 1.06. The van der Waals surface area contributed by atoms with Gasteiger partial charge in [-0.15, -0.1) is 0 Å². The van der Waals surface area contributed by atoms with Gasteiger partial charge in [-0.05, 0) is 0 Å². The zero-order valence-corrected chi connectivity index (χ0v) is 18.1. The van der Waals surface area contributed by atoms with E-state index in [1.807, 2.05) is 0 Å². The number of rotatable bonds is 0. The Balaban J connectivity index is -0.0000000159. The molecule has 0 bridgehead atoms. The van der Waals surface area contributed by atoms with Gasteiger partial charge in [-0.1, -0.05) is 0 Å². The van der Waals surface area contributed by atoms with Gasteiger partial charge >= 0.3 is 75.8 Å². The van der Waals surface area contributed by atoms with Gasteiger partial charge in [0.1, 0.15) is 0 Å². The standard InChI is InChI=1S/BH3O3.BO3.ClH.Na.H2O4S.2Zn/c2*2-1(3)4;;;1-5(2,3)4;;/h2-4H;;1H;;(H2,1,2,3,4);;/q;-3;;+1;;2*+2/p-2. The third-order valence-corrected chi connectivity index (χ3v) is 0. The second-order valence-corrected chi connectivity index (χ2v) is 1.92. The smallest absolute Gasteiger partial charge is 1.00 e. The first-order chi connectivity index (χ1) is 5.46. The van der Waals surface area contributed by atoms with Crippen LogP contribution in [0.2, 0.25) is 0 Å². The van der Waals surface area contributed by atoms with Crippen molar-refractivity contribution in [3.63, 3.8) is 0 Å². The van der Waals surface area contributed by atoms with Crippen LogP contribution in [0.15, 0.2) is 0 Å². The van der Waals surface area contributed by atoms with Crippen LogP contribution in [0, 0.1) is 0 Å². The van der Waals surface area contributed by atoms with Gasteiger partial charge in [-0.3, -0.25) is 11.9 Å². The third kappa shape index (κ3) is 921. The van der Waals surface area contributed by atoms with Crippen molar-refractivity contribution in [2.24, 2.45) is 0 Å². The molecule has 0 aliphatic carbocycles. The van der Waals surface area contributed by atoms with Crippen molar-refractivity contribution in [2.45, 2.75) is 0 Å². The van der Waals surface area contributed by atoms with Gasteiger partial charge < -0.3 is 47.1 Å². The Morgan fingerprint density at radius 3 is 0.941 bits per heavy atom. The molecule has 88 valence electrons. The van der Waals surface area contributed by atoms with Crippen molar-refractivity contribution >= 4 is 25.0 Å². The molecule has 0 aliphatic heterocycles. The zero-order valence-electron chi connectivity index (χ0n) is 8.59. The largest absolute Gasteiger partial charge is 2.00 e. The molecule has 0 unspecified atom stereocenters. The zero-order chi connectivity index (χ0) is 11.7. The first-order valence-electron chi connectivity index (χ1n) is 2.16. The van der Waals surface area contributed by atoms with Gasteiger partial charge in [-0.2, -0.15) is 0 Å². The first-order valence-corrected chi connectivity index (χ1v) is 3.53. The minimum Gasteiger partial charge on any atom is -1.00 e. The summed E-state index contributed by atoms with van der Waals surface area (Å²) in [7, 11) is -10.0. The molecule has 0 fully saturated rings. The number of hydrogen-bond acceptors (Lipinski definition) is 9. The minimum atomic E-state index is -4.92. The average molecular weight is 407 g/mol. The minimum absolute atomic E-state index is 0. The summed E-state index contributed by atoms with van der Waals surface area (Å²) in [6.07, 6.45) is 0. The molecule has 0 aromatic heterocycles. The van der Waals surface area contributed by atoms with Crippen molar-refractivity contribution < 1.29 is 129 Å². The molecule has 0 spiro atoms. The first kappa shape index (κ1) is 42.7. The van der Waals surface area contributed by atoms with E-state index in [-0.39, 0.29) is 80.9 Å². The van der Waals surface area contributed by atoms with E-state index in [1.54, 1.807) is 0 Å². The van der Waals surface area contributed by atoms with E-state index in [2.05, 4.69) is 0 Å². The van der Waals surface area contributed by atoms with Crippen LogP contribution in [0.25, 0.3) is 0 Å². The van der Waals surface area contributed by atoms with Gasteiger partial charge in [-0.25, -0.2) is 8.42 Å². The van der Waals surface area contributed by atoms with E-state index in [4.69, 9.17) is 47.7 Å². The van der Waals surface area contributed by atoms with Crippen LogP contribution >= 0.6 is 0 Å². The molecule has 17 heteroatoms. The van der Waals surface area contributed by atoms with Crippen molar-refractivity contribution in [1.29, 1.82) is 0 Å². The maximum absolute atomic E-state index is 8.63. The van der Waals surface area contributed by atoms with Crippen molar-refractivity contribution in [2.75, 3.05) is 0 Å². The summed E-state index contributed by atoms with van der Waals surface area (Å²) in [4.78, 5) is 0. The van der Waals surface area contributed by atoms with Crippen molar-refractivity contribution in [1.82, 2.24) is 0 Å². The Hall–Kier alpha value is 2.30. The maximum atomic E-state index is 8.63. The van der Waals surface area contributed by atoms with E-state index in [0.717, 1.165) is 0 Å². The summed E-state index contributed by atoms with van der Waals surface area (Å²) in [6.45, 7) is 0. The van der Waals surface area contributed by atoms with Gasteiger partial charge in [0, 0.05) is 0 Å². The quantitative estimate of drug-likeness (QED) is 0.169. The van der Waals surface area contributed by atoms with Gasteiger partial charge in [0.2, 0.25) is 10.4 Å². The molecule has 0 aromatic carbocycles. The van der Waals surface area contributed by atoms with Gasteiger partial charge in [0.15, 0.2) is 0 Å². The monoisotopic (exact) mass is 404 g/mol. The topological polar surface area (TPSA) is 207 Å². The van der Waals surface area contributed by atoms with Crippen molar-refractivity contribution in [3.05, 3.63) is 0 Å². The molecular weight excluding hydrogens is 403 g/mol. The summed E-state index contributed by atoms with van der Waals surface area (Å²) in [5, 5.41) is 46.7. The van der Waals surface area contributed by atoms with Crippen molar-refractivity contribution in [3.8, 4) is 0 Å².